The van der Waals surface area contributed by atoms with Crippen molar-refractivity contribution >= 4 is 34.2 Å². The van der Waals surface area contributed by atoms with Gasteiger partial charge in [0, 0.05) is 11.1 Å². The summed E-state index contributed by atoms with van der Waals surface area (Å²) >= 11 is 3.01. The number of ketones is 2. The lowest BCUT2D eigenvalue weighted by molar-refractivity contribution is 0.100. The van der Waals surface area contributed by atoms with E-state index in [1.807, 2.05) is 22.9 Å². The molecular weight excluding hydrogens is 240 g/mol. The van der Waals surface area contributed by atoms with Gasteiger partial charge >= 0.3 is 0 Å². The molecule has 2 rings (SSSR count). The van der Waals surface area contributed by atoms with Crippen LogP contribution in [-0.4, -0.2) is 11.6 Å². The molecule has 0 unspecified atom stereocenters. The first-order chi connectivity index (χ1) is 7.61. The molecule has 0 fully saturated rings. The predicted octanol–water partition coefficient (Wildman–Crippen LogP) is 3.88. The molecule has 4 heteroatoms. The second-order valence-electron chi connectivity index (χ2n) is 3.44. The van der Waals surface area contributed by atoms with Crippen LogP contribution in [0.1, 0.15) is 34.6 Å². The third kappa shape index (κ3) is 1.86. The fourth-order valence-electron chi connectivity index (χ4n) is 1.52. The van der Waals surface area contributed by atoms with Gasteiger partial charge in [0.05, 0.1) is 9.75 Å². The van der Waals surface area contributed by atoms with Gasteiger partial charge in [0.1, 0.15) is 0 Å². The highest BCUT2D eigenvalue weighted by Crippen LogP contribution is 2.36. The van der Waals surface area contributed by atoms with Gasteiger partial charge in [-0.3, -0.25) is 9.59 Å². The molecule has 0 aliphatic carbocycles. The zero-order valence-electron chi connectivity index (χ0n) is 8.94. The lowest BCUT2D eigenvalue weighted by Gasteiger charge is -2.00. The van der Waals surface area contributed by atoms with Gasteiger partial charge in [-0.25, -0.2) is 0 Å². The van der Waals surface area contributed by atoms with Crippen LogP contribution >= 0.6 is 22.7 Å². The third-order valence-electron chi connectivity index (χ3n) is 2.30. The molecule has 0 spiro atoms. The van der Waals surface area contributed by atoms with Crippen molar-refractivity contribution in [2.24, 2.45) is 0 Å². The maximum Gasteiger partial charge on any atom is 0.161 e. The van der Waals surface area contributed by atoms with E-state index >= 15 is 0 Å². The van der Waals surface area contributed by atoms with E-state index in [1.165, 1.54) is 22.7 Å². The molecular formula is C12H10O2S2. The van der Waals surface area contributed by atoms with E-state index in [0.29, 0.717) is 11.1 Å². The molecule has 0 radical (unpaired) electrons. The monoisotopic (exact) mass is 250 g/mol. The van der Waals surface area contributed by atoms with Gasteiger partial charge in [-0.15, -0.1) is 22.7 Å². The average molecular weight is 250 g/mol. The zero-order valence-corrected chi connectivity index (χ0v) is 10.6. The maximum absolute atomic E-state index is 11.4. The van der Waals surface area contributed by atoms with Crippen molar-refractivity contribution in [3.05, 3.63) is 34.0 Å². The Morgan fingerprint density at radius 3 is 1.56 bits per heavy atom. The number of carbonyl (C=O) groups is 2. The summed E-state index contributed by atoms with van der Waals surface area (Å²) < 4.78 is 0. The molecule has 0 aromatic carbocycles. The van der Waals surface area contributed by atoms with Gasteiger partial charge in [-0.2, -0.15) is 0 Å². The predicted molar refractivity (Wildman–Crippen MR) is 67.6 cm³/mol. The first-order valence-electron chi connectivity index (χ1n) is 4.78. The third-order valence-corrected chi connectivity index (χ3v) is 4.29. The molecule has 0 aliphatic rings. The first-order valence-corrected chi connectivity index (χ1v) is 6.54. The van der Waals surface area contributed by atoms with Crippen LogP contribution in [0, 0.1) is 0 Å². The average Bonchev–Trinajstić information content (AvgIpc) is 2.85. The van der Waals surface area contributed by atoms with Crippen molar-refractivity contribution in [3.8, 4) is 9.75 Å². The molecule has 2 nitrogen and oxygen atoms in total. The van der Waals surface area contributed by atoms with Crippen LogP contribution in [0.5, 0.6) is 0 Å². The second kappa shape index (κ2) is 4.31. The quantitative estimate of drug-likeness (QED) is 0.775. The first kappa shape index (κ1) is 11.2. The van der Waals surface area contributed by atoms with Crippen LogP contribution in [0.4, 0.5) is 0 Å². The van der Waals surface area contributed by atoms with Crippen molar-refractivity contribution in [1.82, 2.24) is 0 Å². The number of carbonyl (C=O) groups excluding carboxylic acids is 2. The van der Waals surface area contributed by atoms with E-state index in [4.69, 9.17) is 0 Å². The molecule has 0 saturated heterocycles. The summed E-state index contributed by atoms with van der Waals surface area (Å²) in [4.78, 5) is 24.7. The van der Waals surface area contributed by atoms with E-state index in [9.17, 15) is 9.59 Å². The van der Waals surface area contributed by atoms with Crippen LogP contribution in [0.2, 0.25) is 0 Å². The van der Waals surface area contributed by atoms with E-state index in [1.54, 1.807) is 13.8 Å². The summed E-state index contributed by atoms with van der Waals surface area (Å²) in [6.45, 7) is 3.10. The van der Waals surface area contributed by atoms with Gasteiger partial charge in [0.25, 0.3) is 0 Å². The van der Waals surface area contributed by atoms with E-state index < -0.39 is 0 Å². The summed E-state index contributed by atoms with van der Waals surface area (Å²) in [5.74, 6) is 0.0818. The molecule has 0 bridgehead atoms. The zero-order chi connectivity index (χ0) is 11.7. The fourth-order valence-corrected chi connectivity index (χ4v) is 3.61. The topological polar surface area (TPSA) is 34.1 Å². The Morgan fingerprint density at radius 1 is 0.875 bits per heavy atom. The lowest BCUT2D eigenvalue weighted by atomic mass is 10.1. The van der Waals surface area contributed by atoms with Crippen molar-refractivity contribution in [3.63, 3.8) is 0 Å². The minimum absolute atomic E-state index is 0.0409. The Kier molecular flexibility index (Phi) is 3.03. The molecule has 0 N–H and O–H groups in total. The van der Waals surface area contributed by atoms with Crippen LogP contribution in [0.3, 0.4) is 0 Å². The summed E-state index contributed by atoms with van der Waals surface area (Å²) in [6.07, 6.45) is 0. The molecule has 0 amide bonds. The minimum atomic E-state index is 0.0409. The number of thiophene rings is 2. The lowest BCUT2D eigenvalue weighted by Crippen LogP contribution is -1.94. The highest BCUT2D eigenvalue weighted by Gasteiger charge is 2.17. The van der Waals surface area contributed by atoms with Crippen LogP contribution in [0.25, 0.3) is 9.75 Å². The van der Waals surface area contributed by atoms with E-state index in [-0.39, 0.29) is 11.6 Å². The summed E-state index contributed by atoms with van der Waals surface area (Å²) in [7, 11) is 0. The molecule has 0 saturated carbocycles. The van der Waals surface area contributed by atoms with Crippen molar-refractivity contribution < 1.29 is 9.59 Å². The molecule has 0 aliphatic heterocycles. The molecule has 2 aromatic rings. The second-order valence-corrected chi connectivity index (χ2v) is 5.27. The van der Waals surface area contributed by atoms with Crippen molar-refractivity contribution in [2.75, 3.05) is 0 Å². The number of rotatable bonds is 3. The molecule has 2 aromatic heterocycles. The van der Waals surface area contributed by atoms with Gasteiger partial charge in [0.2, 0.25) is 0 Å². The largest absolute Gasteiger partial charge is 0.294 e. The highest BCUT2D eigenvalue weighted by molar-refractivity contribution is 7.21. The highest BCUT2D eigenvalue weighted by atomic mass is 32.1. The summed E-state index contributed by atoms with van der Waals surface area (Å²) in [5.41, 5.74) is 1.41. The van der Waals surface area contributed by atoms with Crippen LogP contribution in [-0.2, 0) is 0 Å². The van der Waals surface area contributed by atoms with E-state index in [2.05, 4.69) is 0 Å². The Hall–Kier alpha value is -1.26. The minimum Gasteiger partial charge on any atom is -0.294 e. The summed E-state index contributed by atoms with van der Waals surface area (Å²) in [6, 6.07) is 3.62. The van der Waals surface area contributed by atoms with Gasteiger partial charge in [-0.05, 0) is 36.7 Å². The molecule has 2 heterocycles. The smallest absolute Gasteiger partial charge is 0.161 e. The normalized spacial score (nSPS) is 10.4. The Labute approximate surface area is 102 Å². The van der Waals surface area contributed by atoms with Gasteiger partial charge in [0.15, 0.2) is 11.6 Å². The van der Waals surface area contributed by atoms with Gasteiger partial charge < -0.3 is 0 Å². The Morgan fingerprint density at radius 2 is 1.25 bits per heavy atom. The number of Topliss-reactive ketones (excluding diaryl/α,β-unsaturated/α-hetero) is 2. The maximum atomic E-state index is 11.4. The Bertz CT molecular complexity index is 499. The standard InChI is InChI=1S/C12H10O2S2/c1-7(13)9-3-5-15-11(9)12-10(8(2)14)4-6-16-12/h3-6H,1-2H3. The fraction of sp³-hybridized carbons (Fsp3) is 0.167. The molecule has 82 valence electrons. The van der Waals surface area contributed by atoms with Crippen LogP contribution in [0.15, 0.2) is 22.9 Å². The Balaban J connectivity index is 2.59. The summed E-state index contributed by atoms with van der Waals surface area (Å²) in [5, 5.41) is 3.77. The molecule has 16 heavy (non-hydrogen) atoms. The van der Waals surface area contributed by atoms with Gasteiger partial charge in [-0.1, -0.05) is 0 Å². The SMILES string of the molecule is CC(=O)c1ccsc1-c1sccc1C(C)=O. The van der Waals surface area contributed by atoms with Crippen molar-refractivity contribution in [1.29, 1.82) is 0 Å². The molecule has 0 atom stereocenters. The number of hydrogen-bond donors (Lipinski definition) is 0. The van der Waals surface area contributed by atoms with E-state index in [0.717, 1.165) is 9.75 Å². The van der Waals surface area contributed by atoms with Crippen LogP contribution < -0.4 is 0 Å². The van der Waals surface area contributed by atoms with Crippen molar-refractivity contribution in [2.45, 2.75) is 13.8 Å². The number of hydrogen-bond acceptors (Lipinski definition) is 4.